The summed E-state index contributed by atoms with van der Waals surface area (Å²) in [6.07, 6.45) is 5.08. The largest absolute Gasteiger partial charge is 0.329 e. The van der Waals surface area contributed by atoms with Crippen LogP contribution in [0.2, 0.25) is 0 Å². The molecular formula is C16H26N2. The fourth-order valence-corrected chi connectivity index (χ4v) is 3.51. The van der Waals surface area contributed by atoms with Gasteiger partial charge < -0.3 is 11.1 Å². The molecule has 3 N–H and O–H groups in total. The Bertz CT molecular complexity index is 363. The molecule has 0 heterocycles. The zero-order valence-electron chi connectivity index (χ0n) is 11.7. The molecule has 0 radical (unpaired) electrons. The van der Waals surface area contributed by atoms with Gasteiger partial charge in [0.15, 0.2) is 0 Å². The number of nitrogens with one attached hydrogen (secondary N) is 1. The van der Waals surface area contributed by atoms with Gasteiger partial charge in [0.2, 0.25) is 0 Å². The average Bonchev–Trinajstić information content (AvgIpc) is 2.83. The number of rotatable bonds is 5. The molecule has 18 heavy (non-hydrogen) atoms. The SMILES string of the molecule is CCC1CCCC1(CN)NC(C)c1ccccc1. The predicted molar refractivity (Wildman–Crippen MR) is 77.4 cm³/mol. The van der Waals surface area contributed by atoms with E-state index in [0.29, 0.717) is 6.04 Å². The Morgan fingerprint density at radius 3 is 2.72 bits per heavy atom. The molecule has 1 fully saturated rings. The number of nitrogens with two attached hydrogens (primary N) is 1. The Morgan fingerprint density at radius 1 is 1.39 bits per heavy atom. The van der Waals surface area contributed by atoms with E-state index >= 15 is 0 Å². The molecule has 1 aromatic rings. The van der Waals surface area contributed by atoms with E-state index in [2.05, 4.69) is 49.5 Å². The Morgan fingerprint density at radius 2 is 2.11 bits per heavy atom. The first kappa shape index (κ1) is 13.6. The monoisotopic (exact) mass is 246 g/mol. The lowest BCUT2D eigenvalue weighted by atomic mass is 9.84. The van der Waals surface area contributed by atoms with E-state index in [4.69, 9.17) is 5.73 Å². The summed E-state index contributed by atoms with van der Waals surface area (Å²) in [6, 6.07) is 11.0. The topological polar surface area (TPSA) is 38.0 Å². The summed E-state index contributed by atoms with van der Waals surface area (Å²) in [5.74, 6) is 0.730. The molecule has 100 valence electrons. The van der Waals surface area contributed by atoms with E-state index < -0.39 is 0 Å². The quantitative estimate of drug-likeness (QED) is 0.837. The van der Waals surface area contributed by atoms with Gasteiger partial charge in [0, 0.05) is 18.1 Å². The van der Waals surface area contributed by atoms with Crippen molar-refractivity contribution in [3.8, 4) is 0 Å². The standard InChI is InChI=1S/C16H26N2/c1-3-15-10-7-11-16(15,12-17)18-13(2)14-8-5-4-6-9-14/h4-6,8-9,13,15,18H,3,7,10-12,17H2,1-2H3. The van der Waals surface area contributed by atoms with Crippen molar-refractivity contribution in [3.63, 3.8) is 0 Å². The van der Waals surface area contributed by atoms with Crippen LogP contribution in [-0.2, 0) is 0 Å². The van der Waals surface area contributed by atoms with Crippen molar-refractivity contribution in [2.45, 2.75) is 51.1 Å². The van der Waals surface area contributed by atoms with E-state index in [1.807, 2.05) is 0 Å². The van der Waals surface area contributed by atoms with Gasteiger partial charge in [0.05, 0.1) is 0 Å². The van der Waals surface area contributed by atoms with Gasteiger partial charge in [-0.2, -0.15) is 0 Å². The summed E-state index contributed by atoms with van der Waals surface area (Å²) < 4.78 is 0. The molecule has 0 aromatic heterocycles. The van der Waals surface area contributed by atoms with Crippen LogP contribution in [0, 0.1) is 5.92 Å². The molecule has 0 amide bonds. The van der Waals surface area contributed by atoms with Gasteiger partial charge in [-0.05, 0) is 31.2 Å². The van der Waals surface area contributed by atoms with Gasteiger partial charge in [0.25, 0.3) is 0 Å². The molecule has 2 nitrogen and oxygen atoms in total. The number of benzene rings is 1. The Kier molecular flexibility index (Phi) is 4.41. The highest BCUT2D eigenvalue weighted by atomic mass is 15.0. The summed E-state index contributed by atoms with van der Waals surface area (Å²) in [7, 11) is 0. The van der Waals surface area contributed by atoms with Crippen molar-refractivity contribution < 1.29 is 0 Å². The van der Waals surface area contributed by atoms with E-state index in [1.54, 1.807) is 0 Å². The molecule has 1 aliphatic rings. The van der Waals surface area contributed by atoms with E-state index in [-0.39, 0.29) is 5.54 Å². The van der Waals surface area contributed by atoms with E-state index in [1.165, 1.54) is 31.2 Å². The van der Waals surface area contributed by atoms with E-state index in [9.17, 15) is 0 Å². The zero-order chi connectivity index (χ0) is 13.0. The molecule has 3 atom stereocenters. The first-order valence-corrected chi connectivity index (χ1v) is 7.24. The van der Waals surface area contributed by atoms with E-state index in [0.717, 1.165) is 12.5 Å². The van der Waals surface area contributed by atoms with Gasteiger partial charge in [0.1, 0.15) is 0 Å². The minimum absolute atomic E-state index is 0.157. The van der Waals surface area contributed by atoms with Crippen molar-refractivity contribution in [2.24, 2.45) is 11.7 Å². The van der Waals surface area contributed by atoms with Gasteiger partial charge in [-0.25, -0.2) is 0 Å². The van der Waals surface area contributed by atoms with Crippen LogP contribution in [0.5, 0.6) is 0 Å². The Labute approximate surface area is 111 Å². The van der Waals surface area contributed by atoms with Gasteiger partial charge in [-0.15, -0.1) is 0 Å². The van der Waals surface area contributed by atoms with Crippen molar-refractivity contribution in [2.75, 3.05) is 6.54 Å². The smallest absolute Gasteiger partial charge is 0.0337 e. The molecule has 0 saturated heterocycles. The second-order valence-electron chi connectivity index (χ2n) is 5.63. The summed E-state index contributed by atoms with van der Waals surface area (Å²) in [5, 5.41) is 3.83. The van der Waals surface area contributed by atoms with Gasteiger partial charge >= 0.3 is 0 Å². The van der Waals surface area contributed by atoms with Crippen LogP contribution >= 0.6 is 0 Å². The van der Waals surface area contributed by atoms with Crippen LogP contribution in [0.25, 0.3) is 0 Å². The third kappa shape index (κ3) is 2.60. The first-order valence-electron chi connectivity index (χ1n) is 7.24. The second-order valence-corrected chi connectivity index (χ2v) is 5.63. The molecule has 3 unspecified atom stereocenters. The van der Waals surface area contributed by atoms with Crippen LogP contribution in [0.4, 0.5) is 0 Å². The maximum absolute atomic E-state index is 6.10. The minimum Gasteiger partial charge on any atom is -0.329 e. The molecule has 2 heteroatoms. The highest BCUT2D eigenvalue weighted by Gasteiger charge is 2.41. The Hall–Kier alpha value is -0.860. The summed E-state index contributed by atoms with van der Waals surface area (Å²) >= 11 is 0. The highest BCUT2D eigenvalue weighted by molar-refractivity contribution is 5.19. The maximum atomic E-state index is 6.10. The lowest BCUT2D eigenvalue weighted by molar-refractivity contribution is 0.224. The summed E-state index contributed by atoms with van der Waals surface area (Å²) in [4.78, 5) is 0. The van der Waals surface area contributed by atoms with Crippen LogP contribution in [0.15, 0.2) is 30.3 Å². The third-order valence-corrected chi connectivity index (χ3v) is 4.62. The average molecular weight is 246 g/mol. The van der Waals surface area contributed by atoms with Crippen molar-refractivity contribution >= 4 is 0 Å². The third-order valence-electron chi connectivity index (χ3n) is 4.62. The molecule has 1 saturated carbocycles. The molecule has 1 aromatic carbocycles. The maximum Gasteiger partial charge on any atom is 0.0337 e. The van der Waals surface area contributed by atoms with Crippen molar-refractivity contribution in [3.05, 3.63) is 35.9 Å². The normalized spacial score (nSPS) is 29.4. The minimum atomic E-state index is 0.157. The molecule has 0 aliphatic heterocycles. The highest BCUT2D eigenvalue weighted by Crippen LogP contribution is 2.38. The molecule has 0 bridgehead atoms. The number of hydrogen-bond acceptors (Lipinski definition) is 2. The Balaban J connectivity index is 2.11. The van der Waals surface area contributed by atoms with Crippen LogP contribution in [0.3, 0.4) is 0 Å². The fourth-order valence-electron chi connectivity index (χ4n) is 3.51. The van der Waals surface area contributed by atoms with Crippen molar-refractivity contribution in [1.29, 1.82) is 0 Å². The summed E-state index contributed by atoms with van der Waals surface area (Å²) in [6.45, 7) is 5.29. The number of hydrogen-bond donors (Lipinski definition) is 2. The predicted octanol–water partition coefficient (Wildman–Crippen LogP) is 3.24. The zero-order valence-corrected chi connectivity index (χ0v) is 11.7. The molecular weight excluding hydrogens is 220 g/mol. The van der Waals surface area contributed by atoms with Crippen molar-refractivity contribution in [1.82, 2.24) is 5.32 Å². The van der Waals surface area contributed by atoms with Crippen LogP contribution in [-0.4, -0.2) is 12.1 Å². The summed E-state index contributed by atoms with van der Waals surface area (Å²) in [5.41, 5.74) is 7.61. The van der Waals surface area contributed by atoms with Crippen LogP contribution < -0.4 is 11.1 Å². The van der Waals surface area contributed by atoms with Gasteiger partial charge in [-0.3, -0.25) is 0 Å². The second kappa shape index (κ2) is 5.85. The fraction of sp³-hybridized carbons (Fsp3) is 0.625. The lowest BCUT2D eigenvalue weighted by Crippen LogP contribution is -2.54. The lowest BCUT2D eigenvalue weighted by Gasteiger charge is -2.38. The molecule has 0 spiro atoms. The molecule has 1 aliphatic carbocycles. The molecule has 2 rings (SSSR count). The van der Waals surface area contributed by atoms with Crippen LogP contribution in [0.1, 0.15) is 51.1 Å². The van der Waals surface area contributed by atoms with Gasteiger partial charge in [-0.1, -0.05) is 50.1 Å². The first-order chi connectivity index (χ1) is 8.72.